The maximum atomic E-state index is 11.8. The molecule has 2 atom stereocenters. The van der Waals surface area contributed by atoms with Crippen LogP contribution in [0, 0.1) is 0 Å². The number of benzene rings is 1. The van der Waals surface area contributed by atoms with Gasteiger partial charge in [-0.3, -0.25) is 4.79 Å². The molecule has 4 nitrogen and oxygen atoms in total. The molecule has 0 saturated carbocycles. The van der Waals surface area contributed by atoms with Gasteiger partial charge in [0.15, 0.2) is 0 Å². The van der Waals surface area contributed by atoms with Gasteiger partial charge < -0.3 is 15.2 Å². The van der Waals surface area contributed by atoms with Crippen LogP contribution in [0.3, 0.4) is 0 Å². The first-order valence-electron chi connectivity index (χ1n) is 6.37. The summed E-state index contributed by atoms with van der Waals surface area (Å²) in [5.41, 5.74) is -0.414. The Morgan fingerprint density at radius 1 is 1.53 bits per heavy atom. The predicted molar refractivity (Wildman–Crippen MR) is 73.0 cm³/mol. The molecule has 1 aliphatic rings. The second-order valence-electron chi connectivity index (χ2n) is 5.00. The lowest BCUT2D eigenvalue weighted by molar-refractivity contribution is -0.131. The molecule has 1 aliphatic heterocycles. The lowest BCUT2D eigenvalue weighted by Crippen LogP contribution is -2.42. The number of rotatable bonds is 4. The van der Waals surface area contributed by atoms with Crippen molar-refractivity contribution in [3.63, 3.8) is 0 Å². The molecule has 1 amide bonds. The SMILES string of the molecule is CC(O)(CNC(=O)C1CCCO1)c1ccc(Cl)cc1. The third kappa shape index (κ3) is 3.69. The molecular formula is C14H18ClNO3. The van der Waals surface area contributed by atoms with E-state index in [9.17, 15) is 9.90 Å². The van der Waals surface area contributed by atoms with E-state index in [-0.39, 0.29) is 18.6 Å². The molecule has 0 aliphatic carbocycles. The number of carbonyl (C=O) groups is 1. The third-order valence-electron chi connectivity index (χ3n) is 3.30. The van der Waals surface area contributed by atoms with Gasteiger partial charge in [0.2, 0.25) is 5.91 Å². The Morgan fingerprint density at radius 2 is 2.21 bits per heavy atom. The molecule has 2 N–H and O–H groups in total. The van der Waals surface area contributed by atoms with Crippen LogP contribution in [0.2, 0.25) is 5.02 Å². The first kappa shape index (κ1) is 14.3. The lowest BCUT2D eigenvalue weighted by atomic mass is 9.96. The highest BCUT2D eigenvalue weighted by Crippen LogP contribution is 2.22. The van der Waals surface area contributed by atoms with E-state index < -0.39 is 5.60 Å². The van der Waals surface area contributed by atoms with Gasteiger partial charge in [0, 0.05) is 11.6 Å². The van der Waals surface area contributed by atoms with Gasteiger partial charge in [-0.2, -0.15) is 0 Å². The number of hydrogen-bond donors (Lipinski definition) is 2. The number of ether oxygens (including phenoxy) is 1. The number of aliphatic hydroxyl groups is 1. The van der Waals surface area contributed by atoms with Crippen molar-refractivity contribution in [1.82, 2.24) is 5.32 Å². The molecule has 5 heteroatoms. The summed E-state index contributed by atoms with van der Waals surface area (Å²) < 4.78 is 5.29. The van der Waals surface area contributed by atoms with Crippen LogP contribution in [0.4, 0.5) is 0 Å². The summed E-state index contributed by atoms with van der Waals surface area (Å²) in [6, 6.07) is 6.93. The fraction of sp³-hybridized carbons (Fsp3) is 0.500. The molecule has 1 fully saturated rings. The Kier molecular flexibility index (Phi) is 4.45. The second-order valence-corrected chi connectivity index (χ2v) is 5.44. The molecule has 0 aromatic heterocycles. The van der Waals surface area contributed by atoms with E-state index in [1.54, 1.807) is 31.2 Å². The maximum Gasteiger partial charge on any atom is 0.249 e. The first-order chi connectivity index (χ1) is 8.99. The van der Waals surface area contributed by atoms with Crippen LogP contribution in [0.15, 0.2) is 24.3 Å². The van der Waals surface area contributed by atoms with Gasteiger partial charge in [-0.15, -0.1) is 0 Å². The second kappa shape index (κ2) is 5.90. The highest BCUT2D eigenvalue weighted by molar-refractivity contribution is 6.30. The quantitative estimate of drug-likeness (QED) is 0.886. The Balaban J connectivity index is 1.93. The number of halogens is 1. The Bertz CT molecular complexity index is 439. The Hall–Kier alpha value is -1.10. The number of amides is 1. The molecule has 1 saturated heterocycles. The molecule has 2 rings (SSSR count). The summed E-state index contributed by atoms with van der Waals surface area (Å²) >= 11 is 5.81. The van der Waals surface area contributed by atoms with E-state index in [1.165, 1.54) is 0 Å². The maximum absolute atomic E-state index is 11.8. The smallest absolute Gasteiger partial charge is 0.249 e. The third-order valence-corrected chi connectivity index (χ3v) is 3.55. The molecule has 19 heavy (non-hydrogen) atoms. The van der Waals surface area contributed by atoms with Crippen molar-refractivity contribution in [3.8, 4) is 0 Å². The van der Waals surface area contributed by atoms with Gasteiger partial charge in [0.05, 0.1) is 6.54 Å². The number of nitrogens with one attached hydrogen (secondary N) is 1. The summed E-state index contributed by atoms with van der Waals surface area (Å²) in [5.74, 6) is -0.160. The first-order valence-corrected chi connectivity index (χ1v) is 6.74. The van der Waals surface area contributed by atoms with Gasteiger partial charge in [0.1, 0.15) is 11.7 Å². The lowest BCUT2D eigenvalue weighted by Gasteiger charge is -2.25. The van der Waals surface area contributed by atoms with Crippen LogP contribution >= 0.6 is 11.6 Å². The fourth-order valence-electron chi connectivity index (χ4n) is 2.07. The summed E-state index contributed by atoms with van der Waals surface area (Å²) in [4.78, 5) is 11.8. The van der Waals surface area contributed by atoms with E-state index >= 15 is 0 Å². The van der Waals surface area contributed by atoms with Crippen molar-refractivity contribution >= 4 is 17.5 Å². The van der Waals surface area contributed by atoms with Crippen LogP contribution in [-0.4, -0.2) is 30.3 Å². The predicted octanol–water partition coefficient (Wildman–Crippen LogP) is 1.84. The molecule has 1 aromatic rings. The van der Waals surface area contributed by atoms with Gasteiger partial charge in [-0.05, 0) is 37.5 Å². The summed E-state index contributed by atoms with van der Waals surface area (Å²) in [6.07, 6.45) is 1.28. The van der Waals surface area contributed by atoms with Crippen LogP contribution in [0.25, 0.3) is 0 Å². The van der Waals surface area contributed by atoms with Crippen molar-refractivity contribution in [2.24, 2.45) is 0 Å². The van der Waals surface area contributed by atoms with Crippen molar-refractivity contribution in [3.05, 3.63) is 34.9 Å². The fourth-order valence-corrected chi connectivity index (χ4v) is 2.19. The minimum absolute atomic E-state index is 0.146. The minimum Gasteiger partial charge on any atom is -0.384 e. The molecule has 0 radical (unpaired) electrons. The van der Waals surface area contributed by atoms with Gasteiger partial charge in [0.25, 0.3) is 0 Å². The van der Waals surface area contributed by atoms with E-state index in [1.807, 2.05) is 0 Å². The zero-order valence-corrected chi connectivity index (χ0v) is 11.6. The molecule has 2 unspecified atom stereocenters. The van der Waals surface area contributed by atoms with Gasteiger partial charge in [-0.1, -0.05) is 23.7 Å². The Labute approximate surface area is 117 Å². The van der Waals surface area contributed by atoms with Crippen LogP contribution in [0.1, 0.15) is 25.3 Å². The van der Waals surface area contributed by atoms with E-state index in [0.29, 0.717) is 17.2 Å². The van der Waals surface area contributed by atoms with Crippen molar-refractivity contribution in [2.45, 2.75) is 31.5 Å². The summed E-state index contributed by atoms with van der Waals surface area (Å²) in [5, 5.41) is 13.7. The minimum atomic E-state index is -1.13. The highest BCUT2D eigenvalue weighted by Gasteiger charge is 2.28. The average Bonchev–Trinajstić information content (AvgIpc) is 2.90. The van der Waals surface area contributed by atoms with E-state index in [4.69, 9.17) is 16.3 Å². The van der Waals surface area contributed by atoms with Crippen LogP contribution in [0.5, 0.6) is 0 Å². The monoisotopic (exact) mass is 283 g/mol. The van der Waals surface area contributed by atoms with Gasteiger partial charge in [-0.25, -0.2) is 0 Å². The van der Waals surface area contributed by atoms with Crippen LogP contribution in [-0.2, 0) is 15.1 Å². The molecule has 1 aromatic carbocycles. The number of hydrogen-bond acceptors (Lipinski definition) is 3. The zero-order valence-electron chi connectivity index (χ0n) is 10.9. The summed E-state index contributed by atoms with van der Waals surface area (Å²) in [7, 11) is 0. The summed E-state index contributed by atoms with van der Waals surface area (Å²) in [6.45, 7) is 2.44. The zero-order chi connectivity index (χ0) is 13.9. The largest absolute Gasteiger partial charge is 0.384 e. The van der Waals surface area contributed by atoms with Gasteiger partial charge >= 0.3 is 0 Å². The molecule has 0 bridgehead atoms. The molecular weight excluding hydrogens is 266 g/mol. The van der Waals surface area contributed by atoms with Crippen molar-refractivity contribution in [1.29, 1.82) is 0 Å². The van der Waals surface area contributed by atoms with Crippen LogP contribution < -0.4 is 5.32 Å². The Morgan fingerprint density at radius 3 is 2.79 bits per heavy atom. The molecule has 104 valence electrons. The van der Waals surface area contributed by atoms with E-state index in [2.05, 4.69) is 5.32 Å². The molecule has 1 heterocycles. The standard InChI is InChI=1S/C14H18ClNO3/c1-14(18,10-4-6-11(15)7-5-10)9-16-13(17)12-3-2-8-19-12/h4-7,12,18H,2-3,8-9H2,1H3,(H,16,17). The van der Waals surface area contributed by atoms with Crippen molar-refractivity contribution < 1.29 is 14.6 Å². The topological polar surface area (TPSA) is 58.6 Å². The highest BCUT2D eigenvalue weighted by atomic mass is 35.5. The van der Waals surface area contributed by atoms with E-state index in [0.717, 1.165) is 12.8 Å². The molecule has 0 spiro atoms. The normalized spacial score (nSPS) is 21.9. The van der Waals surface area contributed by atoms with Crippen molar-refractivity contribution in [2.75, 3.05) is 13.2 Å². The average molecular weight is 284 g/mol. The number of carbonyl (C=O) groups excluding carboxylic acids is 1.